The Morgan fingerprint density at radius 3 is 2.27 bits per heavy atom. The van der Waals surface area contributed by atoms with E-state index in [0.29, 0.717) is 6.61 Å². The van der Waals surface area contributed by atoms with Crippen molar-refractivity contribution in [3.8, 4) is 0 Å². The zero-order chi connectivity index (χ0) is 10.7. The van der Waals surface area contributed by atoms with E-state index in [9.17, 15) is 15.3 Å². The molecule has 1 aliphatic rings. The molecule has 0 spiro atoms. The molecule has 15 heavy (non-hydrogen) atoms. The van der Waals surface area contributed by atoms with Gasteiger partial charge >= 0.3 is 29.6 Å². The van der Waals surface area contributed by atoms with Crippen LogP contribution >= 0.6 is 0 Å². The van der Waals surface area contributed by atoms with E-state index in [-0.39, 0.29) is 31.0 Å². The van der Waals surface area contributed by atoms with Crippen molar-refractivity contribution in [2.45, 2.75) is 37.6 Å². The first kappa shape index (κ1) is 15.8. The number of aliphatic hydroxyl groups excluding tert-OH is 4. The van der Waals surface area contributed by atoms with Crippen molar-refractivity contribution < 1.29 is 60.9 Å². The van der Waals surface area contributed by atoms with Gasteiger partial charge in [-0.1, -0.05) is 0 Å². The Morgan fingerprint density at radius 1 is 1.20 bits per heavy atom. The molecule has 6 nitrogen and oxygen atoms in total. The summed E-state index contributed by atoms with van der Waals surface area (Å²) in [6.07, 6.45) is -5.89. The Labute approximate surface area is 112 Å². The molecule has 0 radical (unpaired) electrons. The molecule has 1 fully saturated rings. The Kier molecular flexibility index (Phi) is 7.52. The molecule has 5 atom stereocenters. The smallest absolute Gasteiger partial charge is 1.00 e. The van der Waals surface area contributed by atoms with E-state index in [1.54, 1.807) is 6.92 Å². The molecule has 0 aliphatic carbocycles. The van der Waals surface area contributed by atoms with E-state index in [2.05, 4.69) is 0 Å². The van der Waals surface area contributed by atoms with Gasteiger partial charge in [-0.3, -0.25) is 0 Å². The summed E-state index contributed by atoms with van der Waals surface area (Å²) in [5.74, 6) is 0. The van der Waals surface area contributed by atoms with E-state index < -0.39 is 37.3 Å². The number of aliphatic hydroxyl groups is 4. The Morgan fingerprint density at radius 2 is 1.80 bits per heavy atom. The molecule has 1 rings (SSSR count). The fourth-order valence-corrected chi connectivity index (χ4v) is 1.37. The molecule has 0 aromatic rings. The summed E-state index contributed by atoms with van der Waals surface area (Å²) in [4.78, 5) is 0. The van der Waals surface area contributed by atoms with Crippen molar-refractivity contribution in [3.05, 3.63) is 0 Å². The molecule has 1 aliphatic heterocycles. The van der Waals surface area contributed by atoms with Crippen LogP contribution < -0.4 is 29.6 Å². The molecule has 1 heterocycles. The van der Waals surface area contributed by atoms with E-state index in [1.165, 1.54) is 0 Å². The second-order valence-electron chi connectivity index (χ2n) is 3.15. The molecule has 0 amide bonds. The van der Waals surface area contributed by atoms with Gasteiger partial charge in [0.2, 0.25) is 0 Å². The summed E-state index contributed by atoms with van der Waals surface area (Å²) >= 11 is 0. The molecule has 0 aromatic heterocycles. The van der Waals surface area contributed by atoms with Crippen LogP contribution in [0, 0.1) is 0 Å². The maximum Gasteiger partial charge on any atom is 1.00 e. The van der Waals surface area contributed by atoms with Crippen molar-refractivity contribution >= 4 is 0 Å². The molecule has 4 N–H and O–H groups in total. The fraction of sp³-hybridized carbons (Fsp3) is 1.00. The van der Waals surface area contributed by atoms with Crippen LogP contribution in [0.15, 0.2) is 0 Å². The van der Waals surface area contributed by atoms with Gasteiger partial charge in [-0.05, 0) is 6.92 Å². The van der Waals surface area contributed by atoms with Crippen LogP contribution in [0.1, 0.15) is 8.35 Å². The standard InChI is InChI=1S/C8H16O6.Na.H/c1-2-13-8-7(12)6(11)5(10)4(3-9)14-8;;/h4-12H,2-3H2,1H3;;/q;+1;-1/t4-,5+,6+,7-,8-;;/m1../s1. The minimum atomic E-state index is -1.36. The van der Waals surface area contributed by atoms with Crippen molar-refractivity contribution in [3.63, 3.8) is 0 Å². The first-order chi connectivity index (χ1) is 6.61. The summed E-state index contributed by atoms with van der Waals surface area (Å²) in [5, 5.41) is 36.9. The maximum atomic E-state index is 9.41. The number of rotatable bonds is 3. The molecular weight excluding hydrogens is 215 g/mol. The largest absolute Gasteiger partial charge is 1.00 e. The van der Waals surface area contributed by atoms with Crippen LogP contribution in [0.5, 0.6) is 0 Å². The minimum Gasteiger partial charge on any atom is -1.00 e. The van der Waals surface area contributed by atoms with E-state index in [1.807, 2.05) is 0 Å². The summed E-state index contributed by atoms with van der Waals surface area (Å²) in [6.45, 7) is 1.58. The molecule has 0 unspecified atom stereocenters. The van der Waals surface area contributed by atoms with Gasteiger partial charge in [0.1, 0.15) is 24.4 Å². The molecule has 0 aromatic carbocycles. The van der Waals surface area contributed by atoms with Gasteiger partial charge in [0.25, 0.3) is 0 Å². The second-order valence-corrected chi connectivity index (χ2v) is 3.15. The molecule has 1 saturated heterocycles. The Bertz CT molecular complexity index is 182. The van der Waals surface area contributed by atoms with E-state index >= 15 is 0 Å². The average molecular weight is 232 g/mol. The Hall–Kier alpha value is 0.760. The van der Waals surface area contributed by atoms with Crippen molar-refractivity contribution in [1.82, 2.24) is 0 Å². The van der Waals surface area contributed by atoms with Crippen LogP contribution in [-0.4, -0.2) is 64.3 Å². The van der Waals surface area contributed by atoms with Crippen LogP contribution in [0.2, 0.25) is 0 Å². The number of ether oxygens (including phenoxy) is 2. The normalized spacial score (nSPS) is 41.0. The minimum absolute atomic E-state index is 0. The molecule has 0 bridgehead atoms. The van der Waals surface area contributed by atoms with Gasteiger partial charge in [0.15, 0.2) is 6.29 Å². The molecule has 7 heteroatoms. The zero-order valence-corrected chi connectivity index (χ0v) is 10.9. The van der Waals surface area contributed by atoms with Crippen LogP contribution in [0.25, 0.3) is 0 Å². The second kappa shape index (κ2) is 7.16. The number of hydrogen-bond donors (Lipinski definition) is 4. The topological polar surface area (TPSA) is 99.4 Å². The van der Waals surface area contributed by atoms with E-state index in [4.69, 9.17) is 14.6 Å². The summed E-state index contributed by atoms with van der Waals surface area (Å²) < 4.78 is 10.0. The van der Waals surface area contributed by atoms with Crippen LogP contribution in [-0.2, 0) is 9.47 Å². The first-order valence-corrected chi connectivity index (χ1v) is 4.54. The van der Waals surface area contributed by atoms with Crippen molar-refractivity contribution in [1.29, 1.82) is 0 Å². The van der Waals surface area contributed by atoms with Crippen molar-refractivity contribution in [2.24, 2.45) is 0 Å². The monoisotopic (exact) mass is 232 g/mol. The average Bonchev–Trinajstić information content (AvgIpc) is 2.19. The molecule has 86 valence electrons. The predicted molar refractivity (Wildman–Crippen MR) is 46.5 cm³/mol. The predicted octanol–water partition coefficient (Wildman–Crippen LogP) is -5.06. The van der Waals surface area contributed by atoms with Gasteiger partial charge in [0.05, 0.1) is 6.61 Å². The van der Waals surface area contributed by atoms with Gasteiger partial charge < -0.3 is 31.3 Å². The summed E-state index contributed by atoms with van der Waals surface area (Å²) in [7, 11) is 0. The first-order valence-electron chi connectivity index (χ1n) is 4.54. The van der Waals surface area contributed by atoms with Crippen molar-refractivity contribution in [2.75, 3.05) is 13.2 Å². The van der Waals surface area contributed by atoms with E-state index in [0.717, 1.165) is 0 Å². The molecule has 0 saturated carbocycles. The Balaban J connectivity index is 0. The maximum absolute atomic E-state index is 9.41. The third-order valence-electron chi connectivity index (χ3n) is 2.18. The van der Waals surface area contributed by atoms with Crippen LogP contribution in [0.4, 0.5) is 0 Å². The number of hydrogen-bond acceptors (Lipinski definition) is 6. The van der Waals surface area contributed by atoms with Gasteiger partial charge in [0, 0.05) is 6.61 Å². The quantitative estimate of drug-likeness (QED) is 0.363. The van der Waals surface area contributed by atoms with Gasteiger partial charge in [-0.15, -0.1) is 0 Å². The summed E-state index contributed by atoms with van der Waals surface area (Å²) in [5.41, 5.74) is 0. The van der Waals surface area contributed by atoms with Gasteiger partial charge in [-0.2, -0.15) is 0 Å². The van der Waals surface area contributed by atoms with Crippen LogP contribution in [0.3, 0.4) is 0 Å². The molecular formula is C8H17NaO6. The third kappa shape index (κ3) is 3.62. The summed E-state index contributed by atoms with van der Waals surface area (Å²) in [6, 6.07) is 0. The zero-order valence-electron chi connectivity index (χ0n) is 9.91. The fourth-order valence-electron chi connectivity index (χ4n) is 1.37. The van der Waals surface area contributed by atoms with Gasteiger partial charge in [-0.25, -0.2) is 0 Å². The SMILES string of the molecule is CCO[C@@H]1O[C@H](CO)[C@H](O)[C@H](O)[C@H]1O.[H-].[Na+]. The third-order valence-corrected chi connectivity index (χ3v) is 2.18.